The molecule has 3 nitrogen and oxygen atoms in total. The molecule has 0 atom stereocenters. The molecule has 1 saturated heterocycles. The molecule has 2 heterocycles. The first kappa shape index (κ1) is 13.8. The van der Waals surface area contributed by atoms with Crippen molar-refractivity contribution in [1.82, 2.24) is 4.98 Å². The summed E-state index contributed by atoms with van der Waals surface area (Å²) in [5.41, 5.74) is 1.62. The standard InChI is InChI=1S/C16H17F2N3/c17-13-6-5-12(10-14(13)18)11-20-15-4-3-7-19-16(15)21-8-1-2-9-21/h3-7,10,20H,1-2,8-9,11H2. The molecule has 0 bridgehead atoms. The summed E-state index contributed by atoms with van der Waals surface area (Å²) in [6.07, 6.45) is 4.13. The van der Waals surface area contributed by atoms with Gasteiger partial charge >= 0.3 is 0 Å². The van der Waals surface area contributed by atoms with E-state index < -0.39 is 11.6 Å². The van der Waals surface area contributed by atoms with E-state index in [4.69, 9.17) is 0 Å². The van der Waals surface area contributed by atoms with Crippen LogP contribution in [0.3, 0.4) is 0 Å². The zero-order chi connectivity index (χ0) is 14.7. The Balaban J connectivity index is 1.74. The minimum atomic E-state index is -0.821. The van der Waals surface area contributed by atoms with E-state index in [-0.39, 0.29) is 0 Å². The molecule has 1 aliphatic rings. The lowest BCUT2D eigenvalue weighted by molar-refractivity contribution is 0.507. The largest absolute Gasteiger partial charge is 0.378 e. The smallest absolute Gasteiger partial charge is 0.159 e. The van der Waals surface area contributed by atoms with Crippen LogP contribution in [0.1, 0.15) is 18.4 Å². The molecule has 1 aliphatic heterocycles. The third-order valence-electron chi connectivity index (χ3n) is 3.66. The highest BCUT2D eigenvalue weighted by Crippen LogP contribution is 2.26. The van der Waals surface area contributed by atoms with Crippen molar-refractivity contribution in [3.05, 3.63) is 53.7 Å². The van der Waals surface area contributed by atoms with Crippen molar-refractivity contribution in [3.63, 3.8) is 0 Å². The summed E-state index contributed by atoms with van der Waals surface area (Å²) in [6.45, 7) is 2.46. The van der Waals surface area contributed by atoms with Crippen LogP contribution in [-0.2, 0) is 6.54 Å². The number of nitrogens with zero attached hydrogens (tertiary/aromatic N) is 2. The van der Waals surface area contributed by atoms with E-state index in [1.165, 1.54) is 18.9 Å². The van der Waals surface area contributed by atoms with E-state index in [9.17, 15) is 8.78 Å². The van der Waals surface area contributed by atoms with Gasteiger partial charge in [-0.15, -0.1) is 0 Å². The number of pyridine rings is 1. The fourth-order valence-corrected chi connectivity index (χ4v) is 2.56. The molecule has 21 heavy (non-hydrogen) atoms. The second kappa shape index (κ2) is 6.08. The molecule has 0 amide bonds. The predicted octanol–water partition coefficient (Wildman–Crippen LogP) is 3.57. The van der Waals surface area contributed by atoms with Crippen LogP contribution in [0.2, 0.25) is 0 Å². The van der Waals surface area contributed by atoms with Crippen molar-refractivity contribution >= 4 is 11.5 Å². The number of hydrogen-bond acceptors (Lipinski definition) is 3. The Hall–Kier alpha value is -2.17. The average molecular weight is 289 g/mol. The summed E-state index contributed by atoms with van der Waals surface area (Å²) in [4.78, 5) is 6.68. The molecular weight excluding hydrogens is 272 g/mol. The Morgan fingerprint density at radius 2 is 1.90 bits per heavy atom. The van der Waals surface area contributed by atoms with Crippen molar-refractivity contribution in [3.8, 4) is 0 Å². The average Bonchev–Trinajstić information content (AvgIpc) is 3.03. The van der Waals surface area contributed by atoms with E-state index in [0.29, 0.717) is 12.1 Å². The zero-order valence-corrected chi connectivity index (χ0v) is 11.6. The van der Waals surface area contributed by atoms with Crippen molar-refractivity contribution < 1.29 is 8.78 Å². The summed E-state index contributed by atoms with van der Waals surface area (Å²) in [5, 5.41) is 3.26. The molecular formula is C16H17F2N3. The summed E-state index contributed by atoms with van der Waals surface area (Å²) < 4.78 is 26.1. The first-order valence-corrected chi connectivity index (χ1v) is 7.12. The molecule has 3 rings (SSSR count). The maximum absolute atomic E-state index is 13.2. The monoisotopic (exact) mass is 289 g/mol. The molecule has 0 aliphatic carbocycles. The number of anilines is 2. The van der Waals surface area contributed by atoms with Crippen molar-refractivity contribution in [2.45, 2.75) is 19.4 Å². The first-order valence-electron chi connectivity index (χ1n) is 7.12. The van der Waals surface area contributed by atoms with Crippen LogP contribution in [0.4, 0.5) is 20.3 Å². The molecule has 1 fully saturated rings. The third kappa shape index (κ3) is 3.12. The number of rotatable bonds is 4. The summed E-state index contributed by atoms with van der Waals surface area (Å²) >= 11 is 0. The minimum absolute atomic E-state index is 0.434. The highest BCUT2D eigenvalue weighted by atomic mass is 19.2. The van der Waals surface area contributed by atoms with E-state index in [0.717, 1.165) is 30.7 Å². The second-order valence-corrected chi connectivity index (χ2v) is 5.17. The lowest BCUT2D eigenvalue weighted by atomic mass is 10.2. The van der Waals surface area contributed by atoms with Gasteiger partial charge < -0.3 is 10.2 Å². The van der Waals surface area contributed by atoms with Gasteiger partial charge in [0.15, 0.2) is 17.5 Å². The van der Waals surface area contributed by atoms with Gasteiger partial charge in [0.1, 0.15) is 0 Å². The fraction of sp³-hybridized carbons (Fsp3) is 0.312. The quantitative estimate of drug-likeness (QED) is 0.932. The molecule has 0 unspecified atom stereocenters. The third-order valence-corrected chi connectivity index (χ3v) is 3.66. The topological polar surface area (TPSA) is 28.2 Å². The zero-order valence-electron chi connectivity index (χ0n) is 11.6. The lowest BCUT2D eigenvalue weighted by Gasteiger charge is -2.20. The van der Waals surface area contributed by atoms with E-state index in [1.54, 1.807) is 12.3 Å². The SMILES string of the molecule is Fc1ccc(CNc2cccnc2N2CCCC2)cc1F. The van der Waals surface area contributed by atoms with E-state index >= 15 is 0 Å². The Morgan fingerprint density at radius 3 is 2.67 bits per heavy atom. The minimum Gasteiger partial charge on any atom is -0.378 e. The lowest BCUT2D eigenvalue weighted by Crippen LogP contribution is -2.20. The van der Waals surface area contributed by atoms with Crippen LogP contribution in [0.25, 0.3) is 0 Å². The van der Waals surface area contributed by atoms with Gasteiger partial charge in [-0.25, -0.2) is 13.8 Å². The van der Waals surface area contributed by atoms with E-state index in [2.05, 4.69) is 15.2 Å². The number of hydrogen-bond donors (Lipinski definition) is 1. The normalized spacial score (nSPS) is 14.5. The van der Waals surface area contributed by atoms with Gasteiger partial charge in [-0.1, -0.05) is 6.07 Å². The fourth-order valence-electron chi connectivity index (χ4n) is 2.56. The molecule has 1 N–H and O–H groups in total. The number of benzene rings is 1. The second-order valence-electron chi connectivity index (χ2n) is 5.17. The van der Waals surface area contributed by atoms with Crippen LogP contribution in [0.5, 0.6) is 0 Å². The predicted molar refractivity (Wildman–Crippen MR) is 79.4 cm³/mol. The highest BCUT2D eigenvalue weighted by Gasteiger charge is 2.16. The van der Waals surface area contributed by atoms with Crippen molar-refractivity contribution in [2.75, 3.05) is 23.3 Å². The van der Waals surface area contributed by atoms with Gasteiger partial charge in [0.2, 0.25) is 0 Å². The molecule has 1 aromatic heterocycles. The van der Waals surface area contributed by atoms with Crippen LogP contribution in [-0.4, -0.2) is 18.1 Å². The van der Waals surface area contributed by atoms with Crippen LogP contribution in [0.15, 0.2) is 36.5 Å². The Morgan fingerprint density at radius 1 is 1.10 bits per heavy atom. The van der Waals surface area contributed by atoms with Gasteiger partial charge in [0, 0.05) is 25.8 Å². The number of aromatic nitrogens is 1. The highest BCUT2D eigenvalue weighted by molar-refractivity contribution is 5.65. The molecule has 5 heteroatoms. The van der Waals surface area contributed by atoms with Gasteiger partial charge in [-0.3, -0.25) is 0 Å². The van der Waals surface area contributed by atoms with Crippen LogP contribution >= 0.6 is 0 Å². The van der Waals surface area contributed by atoms with E-state index in [1.807, 2.05) is 12.1 Å². The van der Waals surface area contributed by atoms with Crippen molar-refractivity contribution in [2.24, 2.45) is 0 Å². The maximum Gasteiger partial charge on any atom is 0.159 e. The number of nitrogens with one attached hydrogen (secondary N) is 1. The van der Waals surface area contributed by atoms with Crippen molar-refractivity contribution in [1.29, 1.82) is 0 Å². The maximum atomic E-state index is 13.2. The Bertz CT molecular complexity index is 625. The number of halogens is 2. The Kier molecular flexibility index (Phi) is 3.99. The summed E-state index contributed by atoms with van der Waals surface area (Å²) in [7, 11) is 0. The molecule has 1 aromatic carbocycles. The summed E-state index contributed by atoms with van der Waals surface area (Å²) in [5.74, 6) is -0.712. The Labute approximate surface area is 122 Å². The molecule has 0 radical (unpaired) electrons. The van der Waals surface area contributed by atoms with Crippen LogP contribution in [0, 0.1) is 11.6 Å². The molecule has 0 saturated carbocycles. The molecule has 110 valence electrons. The van der Waals surface area contributed by atoms with Crippen LogP contribution < -0.4 is 10.2 Å². The van der Waals surface area contributed by atoms with Gasteiger partial charge in [0.25, 0.3) is 0 Å². The summed E-state index contributed by atoms with van der Waals surface area (Å²) in [6, 6.07) is 7.77. The van der Waals surface area contributed by atoms with Gasteiger partial charge in [-0.05, 0) is 42.7 Å². The first-order chi connectivity index (χ1) is 10.2. The molecule has 2 aromatic rings. The molecule has 0 spiro atoms. The van der Waals surface area contributed by atoms with Gasteiger partial charge in [0.05, 0.1) is 5.69 Å². The van der Waals surface area contributed by atoms with Gasteiger partial charge in [-0.2, -0.15) is 0 Å².